The summed E-state index contributed by atoms with van der Waals surface area (Å²) in [6, 6.07) is 2.41. The van der Waals surface area contributed by atoms with Crippen molar-refractivity contribution in [2.75, 3.05) is 13.1 Å². The lowest BCUT2D eigenvalue weighted by Gasteiger charge is -2.23. The van der Waals surface area contributed by atoms with E-state index >= 15 is 0 Å². The number of aryl methyl sites for hydroxylation is 2. The third-order valence-electron chi connectivity index (χ3n) is 3.60. The summed E-state index contributed by atoms with van der Waals surface area (Å²) < 4.78 is 0. The third-order valence-corrected chi connectivity index (χ3v) is 4.84. The van der Waals surface area contributed by atoms with Crippen LogP contribution >= 0.6 is 23.7 Å². The summed E-state index contributed by atoms with van der Waals surface area (Å²) in [7, 11) is 0. The van der Waals surface area contributed by atoms with Gasteiger partial charge < -0.3 is 10.6 Å². The van der Waals surface area contributed by atoms with Gasteiger partial charge in [0.05, 0.1) is 4.88 Å². The van der Waals surface area contributed by atoms with E-state index in [9.17, 15) is 4.79 Å². The highest BCUT2D eigenvalue weighted by Crippen LogP contribution is 2.30. The number of hydrogen-bond donors (Lipinski definition) is 2. The number of halogens is 1. The van der Waals surface area contributed by atoms with Gasteiger partial charge in [0.15, 0.2) is 0 Å². The maximum absolute atomic E-state index is 12.1. The first-order valence-corrected chi connectivity index (χ1v) is 7.28. The zero-order valence-corrected chi connectivity index (χ0v) is 12.0. The van der Waals surface area contributed by atoms with Crippen LogP contribution in [0.3, 0.4) is 0 Å². The fourth-order valence-electron chi connectivity index (χ4n) is 2.67. The Morgan fingerprint density at radius 1 is 1.39 bits per heavy atom. The van der Waals surface area contributed by atoms with Gasteiger partial charge in [0.2, 0.25) is 0 Å². The van der Waals surface area contributed by atoms with E-state index in [-0.39, 0.29) is 18.3 Å². The molecule has 1 aliphatic heterocycles. The minimum Gasteiger partial charge on any atom is -0.347 e. The van der Waals surface area contributed by atoms with E-state index in [2.05, 4.69) is 16.7 Å². The number of carbonyl (C=O) groups is 1. The summed E-state index contributed by atoms with van der Waals surface area (Å²) in [4.78, 5) is 14.4. The SMILES string of the molecule is Cl.O=C(NC1CCCNC1)c1cc2c(s1)CCC2. The highest BCUT2D eigenvalue weighted by Gasteiger charge is 2.21. The highest BCUT2D eigenvalue weighted by molar-refractivity contribution is 7.14. The zero-order chi connectivity index (χ0) is 11.7. The zero-order valence-electron chi connectivity index (χ0n) is 10.3. The number of amides is 1. The Kier molecular flexibility index (Phi) is 4.65. The van der Waals surface area contributed by atoms with Gasteiger partial charge in [-0.15, -0.1) is 23.7 Å². The van der Waals surface area contributed by atoms with Crippen LogP contribution in [-0.2, 0) is 12.8 Å². The van der Waals surface area contributed by atoms with E-state index in [0.717, 1.165) is 43.6 Å². The molecule has 0 aromatic carbocycles. The maximum Gasteiger partial charge on any atom is 0.261 e. The van der Waals surface area contributed by atoms with E-state index in [0.29, 0.717) is 6.04 Å². The van der Waals surface area contributed by atoms with Crippen molar-refractivity contribution in [2.45, 2.75) is 38.1 Å². The van der Waals surface area contributed by atoms with Crippen LogP contribution in [0.4, 0.5) is 0 Å². The molecular weight excluding hydrogens is 268 g/mol. The van der Waals surface area contributed by atoms with Crippen molar-refractivity contribution in [3.63, 3.8) is 0 Å². The largest absolute Gasteiger partial charge is 0.347 e. The molecule has 1 amide bonds. The lowest BCUT2D eigenvalue weighted by molar-refractivity contribution is 0.0934. The second kappa shape index (κ2) is 6.04. The number of rotatable bonds is 2. The first-order chi connectivity index (χ1) is 8.33. The van der Waals surface area contributed by atoms with Gasteiger partial charge in [-0.05, 0) is 50.3 Å². The topological polar surface area (TPSA) is 41.1 Å². The Hall–Kier alpha value is -0.580. The molecule has 0 spiro atoms. The summed E-state index contributed by atoms with van der Waals surface area (Å²) in [6.07, 6.45) is 5.84. The fraction of sp³-hybridized carbons (Fsp3) is 0.615. The Bertz CT molecular complexity index is 405. The van der Waals surface area contributed by atoms with Crippen LogP contribution in [-0.4, -0.2) is 25.0 Å². The predicted molar refractivity (Wildman–Crippen MR) is 76.9 cm³/mol. The molecule has 1 aliphatic carbocycles. The van der Waals surface area contributed by atoms with Crippen LogP contribution < -0.4 is 10.6 Å². The monoisotopic (exact) mass is 286 g/mol. The van der Waals surface area contributed by atoms with Crippen molar-refractivity contribution in [3.8, 4) is 0 Å². The van der Waals surface area contributed by atoms with E-state index in [4.69, 9.17) is 0 Å². The summed E-state index contributed by atoms with van der Waals surface area (Å²) in [5, 5.41) is 6.45. The van der Waals surface area contributed by atoms with E-state index < -0.39 is 0 Å². The highest BCUT2D eigenvalue weighted by atomic mass is 35.5. The van der Waals surface area contributed by atoms with Crippen molar-refractivity contribution in [2.24, 2.45) is 0 Å². The van der Waals surface area contributed by atoms with Crippen molar-refractivity contribution in [1.82, 2.24) is 10.6 Å². The van der Waals surface area contributed by atoms with Gasteiger partial charge in [0.1, 0.15) is 0 Å². The molecule has 1 saturated heterocycles. The van der Waals surface area contributed by atoms with Gasteiger partial charge in [-0.3, -0.25) is 4.79 Å². The van der Waals surface area contributed by atoms with Gasteiger partial charge in [-0.2, -0.15) is 0 Å². The Balaban J connectivity index is 0.00000120. The molecule has 5 heteroatoms. The van der Waals surface area contributed by atoms with Crippen LogP contribution in [0.25, 0.3) is 0 Å². The smallest absolute Gasteiger partial charge is 0.261 e. The minimum absolute atomic E-state index is 0. The number of fused-ring (bicyclic) bond motifs is 1. The van der Waals surface area contributed by atoms with Crippen LogP contribution in [0.2, 0.25) is 0 Å². The molecule has 0 bridgehead atoms. The van der Waals surface area contributed by atoms with E-state index in [1.54, 1.807) is 11.3 Å². The van der Waals surface area contributed by atoms with Gasteiger partial charge in [0, 0.05) is 17.5 Å². The van der Waals surface area contributed by atoms with Gasteiger partial charge in [-0.25, -0.2) is 0 Å². The normalized spacial score (nSPS) is 22.1. The summed E-state index contributed by atoms with van der Waals surface area (Å²) in [5.74, 6) is 0.123. The molecule has 3 nitrogen and oxygen atoms in total. The molecular formula is C13H19ClN2OS. The average Bonchev–Trinajstić information content (AvgIpc) is 2.90. The van der Waals surface area contributed by atoms with Gasteiger partial charge in [-0.1, -0.05) is 0 Å². The van der Waals surface area contributed by atoms with Crippen LogP contribution in [0, 0.1) is 0 Å². The molecule has 18 heavy (non-hydrogen) atoms. The van der Waals surface area contributed by atoms with Crippen LogP contribution in [0.15, 0.2) is 6.07 Å². The van der Waals surface area contributed by atoms with Gasteiger partial charge >= 0.3 is 0 Å². The molecule has 1 aromatic heterocycles. The number of hydrogen-bond acceptors (Lipinski definition) is 3. The van der Waals surface area contributed by atoms with Crippen molar-refractivity contribution in [1.29, 1.82) is 0 Å². The quantitative estimate of drug-likeness (QED) is 0.875. The molecule has 2 heterocycles. The fourth-order valence-corrected chi connectivity index (χ4v) is 3.83. The summed E-state index contributed by atoms with van der Waals surface area (Å²) >= 11 is 1.69. The van der Waals surface area contributed by atoms with Crippen molar-refractivity contribution in [3.05, 3.63) is 21.4 Å². The number of nitrogens with one attached hydrogen (secondary N) is 2. The van der Waals surface area contributed by atoms with E-state index in [1.165, 1.54) is 16.9 Å². The molecule has 0 saturated carbocycles. The maximum atomic E-state index is 12.1. The third kappa shape index (κ3) is 2.87. The minimum atomic E-state index is 0. The summed E-state index contributed by atoms with van der Waals surface area (Å²) in [6.45, 7) is 2.00. The molecule has 1 atom stereocenters. The second-order valence-corrected chi connectivity index (χ2v) is 6.07. The van der Waals surface area contributed by atoms with Crippen LogP contribution in [0.5, 0.6) is 0 Å². The number of piperidine rings is 1. The Labute approximate surface area is 118 Å². The molecule has 3 rings (SSSR count). The molecule has 2 N–H and O–H groups in total. The van der Waals surface area contributed by atoms with Gasteiger partial charge in [0.25, 0.3) is 5.91 Å². The molecule has 1 aromatic rings. The lowest BCUT2D eigenvalue weighted by atomic mass is 10.1. The molecule has 1 fully saturated rings. The summed E-state index contributed by atoms with van der Waals surface area (Å²) in [5.41, 5.74) is 1.40. The Morgan fingerprint density at radius 2 is 2.28 bits per heavy atom. The second-order valence-electron chi connectivity index (χ2n) is 4.93. The van der Waals surface area contributed by atoms with E-state index in [1.807, 2.05) is 0 Å². The molecule has 100 valence electrons. The number of carbonyl (C=O) groups excluding carboxylic acids is 1. The first kappa shape index (κ1) is 13.8. The lowest BCUT2D eigenvalue weighted by Crippen LogP contribution is -2.45. The Morgan fingerprint density at radius 3 is 3.00 bits per heavy atom. The molecule has 1 unspecified atom stereocenters. The van der Waals surface area contributed by atoms with Crippen molar-refractivity contribution < 1.29 is 4.79 Å². The first-order valence-electron chi connectivity index (χ1n) is 6.46. The molecule has 2 aliphatic rings. The number of thiophene rings is 1. The standard InChI is InChI=1S/C13H18N2OS.ClH/c16-13(15-10-4-2-6-14-8-10)12-7-9-3-1-5-11(9)17-12;/h7,10,14H,1-6,8H2,(H,15,16);1H. The average molecular weight is 287 g/mol. The molecule has 0 radical (unpaired) electrons. The predicted octanol–water partition coefficient (Wildman–Crippen LogP) is 2.14. The van der Waals surface area contributed by atoms with Crippen molar-refractivity contribution >= 4 is 29.7 Å². The van der Waals surface area contributed by atoms with Crippen LogP contribution in [0.1, 0.15) is 39.4 Å².